The fourth-order valence-electron chi connectivity index (χ4n) is 2.29. The average molecular weight is 219 g/mol. The van der Waals surface area contributed by atoms with Gasteiger partial charge in [0.1, 0.15) is 5.76 Å². The van der Waals surface area contributed by atoms with Crippen LogP contribution < -0.4 is 0 Å². The third kappa shape index (κ3) is 2.56. The Morgan fingerprint density at radius 2 is 2.25 bits per heavy atom. The molecule has 2 heterocycles. The molecule has 2 nitrogen and oxygen atoms in total. The molecule has 0 fully saturated rings. The average Bonchev–Trinajstić information content (AvgIpc) is 2.65. The van der Waals surface area contributed by atoms with E-state index in [1.807, 2.05) is 6.26 Å². The molecule has 0 saturated carbocycles. The van der Waals surface area contributed by atoms with Crippen molar-refractivity contribution in [3.8, 4) is 0 Å². The lowest BCUT2D eigenvalue weighted by molar-refractivity contribution is 0.249. The first-order valence-corrected chi connectivity index (χ1v) is 6.27. The minimum atomic E-state index is 0.545. The molecule has 0 saturated heterocycles. The molecule has 1 aromatic heterocycles. The topological polar surface area (TPSA) is 16.4 Å². The van der Waals surface area contributed by atoms with E-state index in [1.165, 1.54) is 11.3 Å². The highest BCUT2D eigenvalue weighted by atomic mass is 16.3. The molecule has 88 valence electrons. The number of nitrogens with zero attached hydrogens (tertiary/aromatic N) is 1. The van der Waals surface area contributed by atoms with Crippen LogP contribution in [0.2, 0.25) is 0 Å². The molecule has 0 spiro atoms. The van der Waals surface area contributed by atoms with Crippen LogP contribution >= 0.6 is 0 Å². The molecule has 2 heteroatoms. The molecule has 1 aliphatic rings. The lowest BCUT2D eigenvalue weighted by Crippen LogP contribution is -2.33. The van der Waals surface area contributed by atoms with Crippen LogP contribution in [0, 0.1) is 0 Å². The van der Waals surface area contributed by atoms with E-state index in [4.69, 9.17) is 4.42 Å². The van der Waals surface area contributed by atoms with Gasteiger partial charge in [0.25, 0.3) is 0 Å². The molecule has 0 N–H and O–H groups in total. The lowest BCUT2D eigenvalue weighted by Gasteiger charge is -2.24. The van der Waals surface area contributed by atoms with E-state index < -0.39 is 0 Å². The molecule has 0 aromatic carbocycles. The van der Waals surface area contributed by atoms with Gasteiger partial charge in [-0.05, 0) is 31.4 Å². The van der Waals surface area contributed by atoms with Crippen LogP contribution in [0.1, 0.15) is 31.6 Å². The van der Waals surface area contributed by atoms with Crippen LogP contribution in [-0.2, 0) is 12.8 Å². The van der Waals surface area contributed by atoms with Gasteiger partial charge in [-0.25, -0.2) is 0 Å². The molecule has 0 radical (unpaired) electrons. The maximum absolute atomic E-state index is 5.50. The highest BCUT2D eigenvalue weighted by molar-refractivity contribution is 5.19. The summed E-state index contributed by atoms with van der Waals surface area (Å²) in [6, 6.07) is 2.66. The van der Waals surface area contributed by atoms with E-state index in [9.17, 15) is 0 Å². The number of fused-ring (bicyclic) bond motifs is 1. The summed E-state index contributed by atoms with van der Waals surface area (Å²) in [7, 11) is 0. The van der Waals surface area contributed by atoms with Crippen LogP contribution in [0.3, 0.4) is 0 Å². The minimum Gasteiger partial charge on any atom is -0.469 e. The molecule has 1 aliphatic heterocycles. The zero-order valence-corrected chi connectivity index (χ0v) is 10.3. The quantitative estimate of drug-likeness (QED) is 0.726. The van der Waals surface area contributed by atoms with E-state index in [2.05, 4.69) is 37.0 Å². The number of rotatable bonds is 3. The minimum absolute atomic E-state index is 0.545. The van der Waals surface area contributed by atoms with Gasteiger partial charge in [0.05, 0.1) is 6.26 Å². The lowest BCUT2D eigenvalue weighted by atomic mass is 10.2. The molecule has 1 unspecified atom stereocenters. The first-order valence-electron chi connectivity index (χ1n) is 6.27. The molecular formula is C14H21NO. The second-order valence-electron chi connectivity index (χ2n) is 4.48. The molecule has 1 atom stereocenters. The number of hydrogen-bond donors (Lipinski definition) is 0. The SMILES string of the molecule is CC/C=C\C(C)N1CCc2ccoc2CC1. The maximum atomic E-state index is 5.50. The van der Waals surface area contributed by atoms with Crippen molar-refractivity contribution in [2.45, 2.75) is 39.2 Å². The van der Waals surface area contributed by atoms with Gasteiger partial charge in [-0.2, -0.15) is 0 Å². The monoisotopic (exact) mass is 219 g/mol. The van der Waals surface area contributed by atoms with Gasteiger partial charge in [0, 0.05) is 25.6 Å². The molecule has 2 rings (SSSR count). The van der Waals surface area contributed by atoms with Crippen LogP contribution in [0.4, 0.5) is 0 Å². The fraction of sp³-hybridized carbons (Fsp3) is 0.571. The Kier molecular flexibility index (Phi) is 3.83. The van der Waals surface area contributed by atoms with Crippen molar-refractivity contribution < 1.29 is 4.42 Å². The van der Waals surface area contributed by atoms with Gasteiger partial charge in [-0.1, -0.05) is 19.1 Å². The van der Waals surface area contributed by atoms with E-state index in [-0.39, 0.29) is 0 Å². The van der Waals surface area contributed by atoms with Crippen molar-refractivity contribution in [2.75, 3.05) is 13.1 Å². The van der Waals surface area contributed by atoms with Crippen molar-refractivity contribution in [1.29, 1.82) is 0 Å². The summed E-state index contributed by atoms with van der Waals surface area (Å²) in [6.07, 6.45) is 9.68. The van der Waals surface area contributed by atoms with Crippen LogP contribution in [0.5, 0.6) is 0 Å². The predicted octanol–water partition coefficient (Wildman–Crippen LogP) is 3.03. The van der Waals surface area contributed by atoms with Crippen LogP contribution in [-0.4, -0.2) is 24.0 Å². The second-order valence-corrected chi connectivity index (χ2v) is 4.48. The van der Waals surface area contributed by atoms with Crippen molar-refractivity contribution in [2.24, 2.45) is 0 Å². The van der Waals surface area contributed by atoms with E-state index in [0.29, 0.717) is 6.04 Å². The van der Waals surface area contributed by atoms with Crippen molar-refractivity contribution in [3.05, 3.63) is 35.8 Å². The summed E-state index contributed by atoms with van der Waals surface area (Å²) in [6.45, 7) is 6.71. The summed E-state index contributed by atoms with van der Waals surface area (Å²) in [5.41, 5.74) is 1.40. The first-order chi connectivity index (χ1) is 7.81. The Morgan fingerprint density at radius 1 is 1.44 bits per heavy atom. The first kappa shape index (κ1) is 11.5. The highest BCUT2D eigenvalue weighted by Crippen LogP contribution is 2.18. The smallest absolute Gasteiger partial charge is 0.108 e. The van der Waals surface area contributed by atoms with Gasteiger partial charge in [-0.15, -0.1) is 0 Å². The number of hydrogen-bond acceptors (Lipinski definition) is 2. The summed E-state index contributed by atoms with van der Waals surface area (Å²) in [4.78, 5) is 2.53. The van der Waals surface area contributed by atoms with E-state index in [0.717, 1.165) is 32.4 Å². The Hall–Kier alpha value is -1.02. The third-order valence-electron chi connectivity index (χ3n) is 3.36. The summed E-state index contributed by atoms with van der Waals surface area (Å²) >= 11 is 0. The molecule has 0 amide bonds. The number of furan rings is 1. The summed E-state index contributed by atoms with van der Waals surface area (Å²) in [5.74, 6) is 1.19. The third-order valence-corrected chi connectivity index (χ3v) is 3.36. The van der Waals surface area contributed by atoms with Gasteiger partial charge < -0.3 is 4.42 Å². The molecule has 16 heavy (non-hydrogen) atoms. The Balaban J connectivity index is 1.96. The molecule has 0 aliphatic carbocycles. The van der Waals surface area contributed by atoms with Crippen LogP contribution in [0.15, 0.2) is 28.9 Å². The van der Waals surface area contributed by atoms with Gasteiger partial charge in [0.15, 0.2) is 0 Å². The van der Waals surface area contributed by atoms with Gasteiger partial charge in [-0.3, -0.25) is 4.90 Å². The maximum Gasteiger partial charge on any atom is 0.108 e. The second kappa shape index (κ2) is 5.35. The van der Waals surface area contributed by atoms with Gasteiger partial charge >= 0.3 is 0 Å². The van der Waals surface area contributed by atoms with Crippen molar-refractivity contribution >= 4 is 0 Å². The highest BCUT2D eigenvalue weighted by Gasteiger charge is 2.18. The van der Waals surface area contributed by atoms with E-state index in [1.54, 1.807) is 0 Å². The largest absolute Gasteiger partial charge is 0.469 e. The van der Waals surface area contributed by atoms with Crippen molar-refractivity contribution in [1.82, 2.24) is 4.90 Å². The molecule has 0 bridgehead atoms. The Morgan fingerprint density at radius 3 is 3.06 bits per heavy atom. The molecular weight excluding hydrogens is 198 g/mol. The van der Waals surface area contributed by atoms with Gasteiger partial charge in [0.2, 0.25) is 0 Å². The van der Waals surface area contributed by atoms with Crippen LogP contribution in [0.25, 0.3) is 0 Å². The summed E-state index contributed by atoms with van der Waals surface area (Å²) < 4.78 is 5.50. The zero-order chi connectivity index (χ0) is 11.4. The normalized spacial score (nSPS) is 19.6. The standard InChI is InChI=1S/C14H21NO/c1-3-4-5-12(2)15-9-6-13-8-11-16-14(13)7-10-15/h4-5,8,11-12H,3,6-7,9-10H2,1-2H3/b5-4-. The zero-order valence-electron chi connectivity index (χ0n) is 10.3. The Bertz CT molecular complexity index is 331. The number of allylic oxidation sites excluding steroid dienone is 1. The fourth-order valence-corrected chi connectivity index (χ4v) is 2.29. The predicted molar refractivity (Wildman–Crippen MR) is 66.6 cm³/mol. The molecule has 1 aromatic rings. The Labute approximate surface area is 97.9 Å². The van der Waals surface area contributed by atoms with E-state index >= 15 is 0 Å². The van der Waals surface area contributed by atoms with Crippen molar-refractivity contribution in [3.63, 3.8) is 0 Å². The summed E-state index contributed by atoms with van der Waals surface area (Å²) in [5, 5.41) is 0.